The Hall–Kier alpha value is -0.550. The van der Waals surface area contributed by atoms with E-state index < -0.39 is 0 Å². The Labute approximate surface area is 124 Å². The molecule has 0 radical (unpaired) electrons. The molecule has 1 amide bonds. The van der Waals surface area contributed by atoms with Crippen molar-refractivity contribution in [3.8, 4) is 0 Å². The van der Waals surface area contributed by atoms with E-state index in [0.29, 0.717) is 12.6 Å². The highest BCUT2D eigenvalue weighted by molar-refractivity contribution is 9.11. The van der Waals surface area contributed by atoms with Crippen molar-refractivity contribution in [2.24, 2.45) is 0 Å². The molecule has 0 bridgehead atoms. The topological polar surface area (TPSA) is 41.1 Å². The summed E-state index contributed by atoms with van der Waals surface area (Å²) >= 11 is 6.92. The first-order valence-corrected chi connectivity index (χ1v) is 7.72. The highest BCUT2D eigenvalue weighted by Gasteiger charge is 2.17. The first-order valence-electron chi connectivity index (χ1n) is 6.14. The van der Waals surface area contributed by atoms with Crippen LogP contribution in [0.1, 0.15) is 25.7 Å². The van der Waals surface area contributed by atoms with E-state index in [1.807, 2.05) is 18.2 Å². The Morgan fingerprint density at radius 1 is 1.22 bits per heavy atom. The van der Waals surface area contributed by atoms with Gasteiger partial charge >= 0.3 is 0 Å². The molecule has 5 heteroatoms. The van der Waals surface area contributed by atoms with Gasteiger partial charge in [0.2, 0.25) is 5.91 Å². The summed E-state index contributed by atoms with van der Waals surface area (Å²) in [6, 6.07) is 6.21. The second-order valence-electron chi connectivity index (χ2n) is 4.50. The van der Waals surface area contributed by atoms with Crippen LogP contribution in [-0.2, 0) is 4.79 Å². The first-order chi connectivity index (χ1) is 8.66. The average molecular weight is 376 g/mol. The Morgan fingerprint density at radius 3 is 2.44 bits per heavy atom. The molecule has 1 saturated carbocycles. The number of halogens is 2. The van der Waals surface area contributed by atoms with E-state index in [0.717, 1.165) is 27.5 Å². The lowest BCUT2D eigenvalue weighted by atomic mass is 10.2. The van der Waals surface area contributed by atoms with Crippen LogP contribution in [-0.4, -0.2) is 18.5 Å². The van der Waals surface area contributed by atoms with Crippen LogP contribution in [0.3, 0.4) is 0 Å². The predicted molar refractivity (Wildman–Crippen MR) is 80.7 cm³/mol. The van der Waals surface area contributed by atoms with Crippen LogP contribution in [0.15, 0.2) is 27.1 Å². The molecular weight excluding hydrogens is 360 g/mol. The number of nitrogens with one attached hydrogen (secondary N) is 2. The standard InChI is InChI=1S/C13H16Br2N2O/c14-10-6-3-7-11(15)13(10)16-8-12(18)17-9-4-1-2-5-9/h3,6-7,9,16H,1-2,4-5,8H2,(H,17,18). The summed E-state index contributed by atoms with van der Waals surface area (Å²) in [4.78, 5) is 11.8. The van der Waals surface area contributed by atoms with Gasteiger partial charge in [-0.25, -0.2) is 0 Å². The van der Waals surface area contributed by atoms with Crippen LogP contribution in [0.2, 0.25) is 0 Å². The van der Waals surface area contributed by atoms with Gasteiger partial charge in [0.15, 0.2) is 0 Å². The molecule has 3 nitrogen and oxygen atoms in total. The van der Waals surface area contributed by atoms with E-state index in [2.05, 4.69) is 42.5 Å². The molecule has 1 aromatic carbocycles. The maximum Gasteiger partial charge on any atom is 0.239 e. The summed E-state index contributed by atoms with van der Waals surface area (Å²) in [6.45, 7) is 0.303. The van der Waals surface area contributed by atoms with Gasteiger partial charge in [-0.15, -0.1) is 0 Å². The van der Waals surface area contributed by atoms with Gasteiger partial charge in [0.1, 0.15) is 0 Å². The number of hydrogen-bond donors (Lipinski definition) is 2. The van der Waals surface area contributed by atoms with Crippen molar-refractivity contribution in [3.05, 3.63) is 27.1 Å². The molecular formula is C13H16Br2N2O. The van der Waals surface area contributed by atoms with E-state index in [4.69, 9.17) is 0 Å². The van der Waals surface area contributed by atoms with Crippen LogP contribution in [0.25, 0.3) is 0 Å². The molecule has 1 aliphatic carbocycles. The quantitative estimate of drug-likeness (QED) is 0.842. The third-order valence-electron chi connectivity index (χ3n) is 3.11. The number of rotatable bonds is 4. The molecule has 18 heavy (non-hydrogen) atoms. The number of carbonyl (C=O) groups excluding carboxylic acids is 1. The van der Waals surface area contributed by atoms with Crippen molar-refractivity contribution in [2.45, 2.75) is 31.7 Å². The Kier molecular flexibility index (Phi) is 5.06. The van der Waals surface area contributed by atoms with Crippen molar-refractivity contribution in [1.82, 2.24) is 5.32 Å². The number of carbonyl (C=O) groups is 1. The molecule has 0 atom stereocenters. The molecule has 1 fully saturated rings. The van der Waals surface area contributed by atoms with Gasteiger partial charge in [0.25, 0.3) is 0 Å². The van der Waals surface area contributed by atoms with Crippen LogP contribution >= 0.6 is 31.9 Å². The maximum atomic E-state index is 11.8. The zero-order chi connectivity index (χ0) is 13.0. The van der Waals surface area contributed by atoms with Crippen molar-refractivity contribution in [1.29, 1.82) is 0 Å². The fraction of sp³-hybridized carbons (Fsp3) is 0.462. The third-order valence-corrected chi connectivity index (χ3v) is 4.43. The number of para-hydroxylation sites is 1. The summed E-state index contributed by atoms with van der Waals surface area (Å²) in [5, 5.41) is 6.21. The average Bonchev–Trinajstić information content (AvgIpc) is 2.81. The number of amides is 1. The molecule has 2 N–H and O–H groups in total. The molecule has 0 aromatic heterocycles. The minimum Gasteiger partial charge on any atom is -0.374 e. The summed E-state index contributed by atoms with van der Waals surface area (Å²) in [5.74, 6) is 0.0598. The molecule has 0 unspecified atom stereocenters. The molecule has 1 aromatic rings. The van der Waals surface area contributed by atoms with Crippen molar-refractivity contribution < 1.29 is 4.79 Å². The summed E-state index contributed by atoms with van der Waals surface area (Å²) < 4.78 is 1.90. The number of anilines is 1. The normalized spacial score (nSPS) is 15.7. The highest BCUT2D eigenvalue weighted by atomic mass is 79.9. The van der Waals surface area contributed by atoms with Crippen molar-refractivity contribution >= 4 is 43.5 Å². The molecule has 0 saturated heterocycles. The molecule has 2 rings (SSSR count). The molecule has 98 valence electrons. The van der Waals surface area contributed by atoms with E-state index in [9.17, 15) is 4.79 Å². The van der Waals surface area contributed by atoms with Gasteiger partial charge in [-0.2, -0.15) is 0 Å². The molecule has 1 aliphatic rings. The summed E-state index contributed by atoms with van der Waals surface area (Å²) in [6.07, 6.45) is 4.69. The van der Waals surface area contributed by atoms with Crippen LogP contribution < -0.4 is 10.6 Å². The SMILES string of the molecule is O=C(CNc1c(Br)cccc1Br)NC1CCCC1. The van der Waals surface area contributed by atoms with Gasteiger partial charge < -0.3 is 10.6 Å². The van der Waals surface area contributed by atoms with Gasteiger partial charge in [0, 0.05) is 15.0 Å². The third kappa shape index (κ3) is 3.72. The van der Waals surface area contributed by atoms with Crippen molar-refractivity contribution in [2.75, 3.05) is 11.9 Å². The summed E-state index contributed by atoms with van der Waals surface area (Å²) in [5.41, 5.74) is 0.916. The fourth-order valence-corrected chi connectivity index (χ4v) is 3.46. The molecule has 0 heterocycles. The minimum atomic E-state index is 0.0598. The van der Waals surface area contributed by atoms with Crippen molar-refractivity contribution in [3.63, 3.8) is 0 Å². The predicted octanol–water partition coefficient (Wildman–Crippen LogP) is 3.68. The van der Waals surface area contributed by atoms with Crippen LogP contribution in [0, 0.1) is 0 Å². The highest BCUT2D eigenvalue weighted by Crippen LogP contribution is 2.30. The van der Waals surface area contributed by atoms with Gasteiger partial charge in [-0.1, -0.05) is 18.9 Å². The Morgan fingerprint density at radius 2 is 1.83 bits per heavy atom. The van der Waals surface area contributed by atoms with Gasteiger partial charge in [-0.05, 0) is 56.8 Å². The second kappa shape index (κ2) is 6.57. The Bertz CT molecular complexity index is 411. The summed E-state index contributed by atoms with van der Waals surface area (Å²) in [7, 11) is 0. The van der Waals surface area contributed by atoms with Gasteiger partial charge in [0.05, 0.1) is 12.2 Å². The molecule has 0 spiro atoms. The maximum absolute atomic E-state index is 11.8. The van der Waals surface area contributed by atoms with E-state index in [1.54, 1.807) is 0 Å². The van der Waals surface area contributed by atoms with Gasteiger partial charge in [-0.3, -0.25) is 4.79 Å². The first kappa shape index (κ1) is 13.9. The van der Waals surface area contributed by atoms with E-state index >= 15 is 0 Å². The number of hydrogen-bond acceptors (Lipinski definition) is 2. The minimum absolute atomic E-state index is 0.0598. The number of benzene rings is 1. The Balaban J connectivity index is 1.85. The van der Waals surface area contributed by atoms with E-state index in [-0.39, 0.29) is 5.91 Å². The van der Waals surface area contributed by atoms with Crippen LogP contribution in [0.4, 0.5) is 5.69 Å². The monoisotopic (exact) mass is 374 g/mol. The fourth-order valence-electron chi connectivity index (χ4n) is 2.18. The lowest BCUT2D eigenvalue weighted by molar-refractivity contribution is -0.120. The smallest absolute Gasteiger partial charge is 0.239 e. The molecule has 0 aliphatic heterocycles. The zero-order valence-corrected chi connectivity index (χ0v) is 13.2. The van der Waals surface area contributed by atoms with E-state index in [1.165, 1.54) is 12.8 Å². The second-order valence-corrected chi connectivity index (χ2v) is 6.21. The van der Waals surface area contributed by atoms with Crippen LogP contribution in [0.5, 0.6) is 0 Å². The largest absolute Gasteiger partial charge is 0.374 e. The lowest BCUT2D eigenvalue weighted by Crippen LogP contribution is -2.36. The lowest BCUT2D eigenvalue weighted by Gasteiger charge is -2.14. The zero-order valence-electron chi connectivity index (χ0n) is 10.0.